The largest absolute Gasteiger partial charge is 0.508 e. The molecule has 5 nitrogen and oxygen atoms in total. The van der Waals surface area contributed by atoms with Crippen LogP contribution in [0.1, 0.15) is 31.2 Å². The molecule has 0 aromatic heterocycles. The summed E-state index contributed by atoms with van der Waals surface area (Å²) < 4.78 is 0. The van der Waals surface area contributed by atoms with Crippen molar-refractivity contribution in [3.8, 4) is 11.5 Å². The molecule has 1 aromatic rings. The second kappa shape index (κ2) is 7.31. The summed E-state index contributed by atoms with van der Waals surface area (Å²) in [6, 6.07) is 4.39. The summed E-state index contributed by atoms with van der Waals surface area (Å²) in [7, 11) is 0. The van der Waals surface area contributed by atoms with E-state index < -0.39 is 0 Å². The molecule has 5 heteroatoms. The SMILES string of the molecule is O=C(C(CCO)Cc1ccc(O)cc1O)N1CCCCC1. The molecule has 0 radical (unpaired) electrons. The van der Waals surface area contributed by atoms with Crippen LogP contribution < -0.4 is 0 Å². The second-order valence-corrected chi connectivity index (χ2v) is 5.61. The highest BCUT2D eigenvalue weighted by Gasteiger charge is 2.26. The average molecular weight is 293 g/mol. The first kappa shape index (κ1) is 15.6. The van der Waals surface area contributed by atoms with Gasteiger partial charge in [0.1, 0.15) is 11.5 Å². The molecule has 0 aliphatic carbocycles. The van der Waals surface area contributed by atoms with E-state index in [1.807, 2.05) is 4.90 Å². The van der Waals surface area contributed by atoms with Gasteiger partial charge in [0, 0.05) is 31.7 Å². The second-order valence-electron chi connectivity index (χ2n) is 5.61. The van der Waals surface area contributed by atoms with Crippen LogP contribution in [0.25, 0.3) is 0 Å². The first-order valence-electron chi connectivity index (χ1n) is 7.52. The van der Waals surface area contributed by atoms with E-state index >= 15 is 0 Å². The lowest BCUT2D eigenvalue weighted by Gasteiger charge is -2.30. The van der Waals surface area contributed by atoms with Gasteiger partial charge in [-0.3, -0.25) is 4.79 Å². The zero-order valence-corrected chi connectivity index (χ0v) is 12.2. The lowest BCUT2D eigenvalue weighted by Crippen LogP contribution is -2.40. The van der Waals surface area contributed by atoms with Crippen molar-refractivity contribution in [2.75, 3.05) is 19.7 Å². The zero-order valence-electron chi connectivity index (χ0n) is 12.2. The number of carbonyl (C=O) groups is 1. The Bertz CT molecular complexity index is 483. The summed E-state index contributed by atoms with van der Waals surface area (Å²) >= 11 is 0. The van der Waals surface area contributed by atoms with Gasteiger partial charge in [0.25, 0.3) is 0 Å². The Balaban J connectivity index is 2.08. The highest BCUT2D eigenvalue weighted by Crippen LogP contribution is 2.27. The standard InChI is InChI=1S/C16H23NO4/c18-9-6-13(16(21)17-7-2-1-3-8-17)10-12-4-5-14(19)11-15(12)20/h4-5,11,13,18-20H,1-3,6-10H2. The molecule has 3 N–H and O–H groups in total. The maximum atomic E-state index is 12.6. The van der Waals surface area contributed by atoms with E-state index in [4.69, 9.17) is 0 Å². The number of phenols is 2. The molecule has 0 bridgehead atoms. The van der Waals surface area contributed by atoms with Crippen molar-refractivity contribution in [2.45, 2.75) is 32.1 Å². The fourth-order valence-electron chi connectivity index (χ4n) is 2.83. The molecule has 1 heterocycles. The quantitative estimate of drug-likeness (QED) is 0.771. The number of aliphatic hydroxyl groups is 1. The number of amides is 1. The van der Waals surface area contributed by atoms with E-state index in [0.29, 0.717) is 18.4 Å². The minimum atomic E-state index is -0.330. The van der Waals surface area contributed by atoms with Crippen molar-refractivity contribution >= 4 is 5.91 Å². The van der Waals surface area contributed by atoms with Gasteiger partial charge in [-0.2, -0.15) is 0 Å². The van der Waals surface area contributed by atoms with Gasteiger partial charge in [-0.25, -0.2) is 0 Å². The third-order valence-corrected chi connectivity index (χ3v) is 4.03. The van der Waals surface area contributed by atoms with Crippen molar-refractivity contribution in [3.63, 3.8) is 0 Å². The maximum absolute atomic E-state index is 12.6. The molecule has 1 saturated heterocycles. The van der Waals surface area contributed by atoms with Crippen LogP contribution in [0.4, 0.5) is 0 Å². The molecule has 1 atom stereocenters. The van der Waals surface area contributed by atoms with Gasteiger partial charge in [0.2, 0.25) is 5.91 Å². The third-order valence-electron chi connectivity index (χ3n) is 4.03. The molecule has 1 aliphatic heterocycles. The van der Waals surface area contributed by atoms with E-state index in [2.05, 4.69) is 0 Å². The number of phenolic OH excluding ortho intramolecular Hbond substituents is 2. The Labute approximate surface area is 124 Å². The first-order valence-corrected chi connectivity index (χ1v) is 7.52. The molecule has 0 spiro atoms. The number of hydrogen-bond donors (Lipinski definition) is 3. The number of aromatic hydroxyl groups is 2. The molecular formula is C16H23NO4. The van der Waals surface area contributed by atoms with Crippen LogP contribution in [0.5, 0.6) is 11.5 Å². The summed E-state index contributed by atoms with van der Waals surface area (Å²) in [5, 5.41) is 28.4. The summed E-state index contributed by atoms with van der Waals surface area (Å²) in [5.74, 6) is -0.290. The predicted molar refractivity (Wildman–Crippen MR) is 79.1 cm³/mol. The van der Waals surface area contributed by atoms with Crippen molar-refractivity contribution in [2.24, 2.45) is 5.92 Å². The summed E-state index contributed by atoms with van der Waals surface area (Å²) in [6.07, 6.45) is 3.98. The van der Waals surface area contributed by atoms with Crippen LogP contribution >= 0.6 is 0 Å². The Morgan fingerprint density at radius 2 is 1.90 bits per heavy atom. The third kappa shape index (κ3) is 4.11. The fourth-order valence-corrected chi connectivity index (χ4v) is 2.83. The molecular weight excluding hydrogens is 270 g/mol. The Morgan fingerprint density at radius 3 is 2.52 bits per heavy atom. The van der Waals surface area contributed by atoms with Crippen LogP contribution in [0.3, 0.4) is 0 Å². The zero-order chi connectivity index (χ0) is 15.2. The number of carbonyl (C=O) groups excluding carboxylic acids is 1. The van der Waals surface area contributed by atoms with Gasteiger partial charge in [-0.15, -0.1) is 0 Å². The number of rotatable bonds is 5. The molecule has 2 rings (SSSR count). The van der Waals surface area contributed by atoms with Crippen LogP contribution in [-0.2, 0) is 11.2 Å². The number of nitrogens with zero attached hydrogens (tertiary/aromatic N) is 1. The Morgan fingerprint density at radius 1 is 1.19 bits per heavy atom. The molecule has 1 unspecified atom stereocenters. The predicted octanol–water partition coefficient (Wildman–Crippen LogP) is 1.65. The average Bonchev–Trinajstić information content (AvgIpc) is 2.49. The van der Waals surface area contributed by atoms with Crippen LogP contribution in [0.2, 0.25) is 0 Å². The maximum Gasteiger partial charge on any atom is 0.226 e. The number of likely N-dealkylation sites (tertiary alicyclic amines) is 1. The Hall–Kier alpha value is -1.75. The number of benzene rings is 1. The van der Waals surface area contributed by atoms with Crippen molar-refractivity contribution in [1.82, 2.24) is 4.90 Å². The molecule has 1 amide bonds. The normalized spacial score (nSPS) is 16.7. The first-order chi connectivity index (χ1) is 10.1. The van der Waals surface area contributed by atoms with Crippen LogP contribution in [0, 0.1) is 5.92 Å². The van der Waals surface area contributed by atoms with Gasteiger partial charge in [-0.05, 0) is 43.7 Å². The summed E-state index contributed by atoms with van der Waals surface area (Å²) in [6.45, 7) is 1.51. The number of aliphatic hydroxyl groups excluding tert-OH is 1. The van der Waals surface area contributed by atoms with E-state index in [1.165, 1.54) is 12.1 Å². The molecule has 0 saturated carbocycles. The minimum Gasteiger partial charge on any atom is -0.508 e. The lowest BCUT2D eigenvalue weighted by molar-refractivity contribution is -0.137. The molecule has 1 fully saturated rings. The smallest absolute Gasteiger partial charge is 0.226 e. The van der Waals surface area contributed by atoms with Gasteiger partial charge >= 0.3 is 0 Å². The van der Waals surface area contributed by atoms with Crippen molar-refractivity contribution in [3.05, 3.63) is 23.8 Å². The molecule has 116 valence electrons. The van der Waals surface area contributed by atoms with Crippen LogP contribution in [0.15, 0.2) is 18.2 Å². The Kier molecular flexibility index (Phi) is 5.44. The molecule has 21 heavy (non-hydrogen) atoms. The van der Waals surface area contributed by atoms with Crippen LogP contribution in [-0.4, -0.2) is 45.8 Å². The number of piperidine rings is 1. The summed E-state index contributed by atoms with van der Waals surface area (Å²) in [4.78, 5) is 14.4. The van der Waals surface area contributed by atoms with E-state index in [-0.39, 0.29) is 29.9 Å². The van der Waals surface area contributed by atoms with E-state index in [0.717, 1.165) is 32.4 Å². The monoisotopic (exact) mass is 293 g/mol. The van der Waals surface area contributed by atoms with Gasteiger partial charge in [-0.1, -0.05) is 6.07 Å². The highest BCUT2D eigenvalue weighted by atomic mass is 16.3. The number of hydrogen-bond acceptors (Lipinski definition) is 4. The fraction of sp³-hybridized carbons (Fsp3) is 0.562. The van der Waals surface area contributed by atoms with E-state index in [1.54, 1.807) is 6.07 Å². The minimum absolute atomic E-state index is 0.00249. The highest BCUT2D eigenvalue weighted by molar-refractivity contribution is 5.79. The van der Waals surface area contributed by atoms with Crippen molar-refractivity contribution in [1.29, 1.82) is 0 Å². The topological polar surface area (TPSA) is 81.0 Å². The lowest BCUT2D eigenvalue weighted by atomic mass is 9.93. The van der Waals surface area contributed by atoms with Gasteiger partial charge < -0.3 is 20.2 Å². The van der Waals surface area contributed by atoms with Crippen molar-refractivity contribution < 1.29 is 20.1 Å². The van der Waals surface area contributed by atoms with E-state index in [9.17, 15) is 20.1 Å². The summed E-state index contributed by atoms with van der Waals surface area (Å²) in [5.41, 5.74) is 0.622. The molecule has 1 aliphatic rings. The van der Waals surface area contributed by atoms with Gasteiger partial charge in [0.05, 0.1) is 0 Å². The van der Waals surface area contributed by atoms with Gasteiger partial charge in [0.15, 0.2) is 0 Å². The molecule has 1 aromatic carbocycles.